The molecule has 3 heterocycles. The molecule has 0 aromatic carbocycles. The molecule has 0 spiro atoms. The van der Waals surface area contributed by atoms with Gasteiger partial charge in [-0.05, 0) is 30.2 Å². The van der Waals surface area contributed by atoms with Crippen molar-refractivity contribution in [1.29, 1.82) is 0 Å². The first kappa shape index (κ1) is 14.6. The third-order valence-corrected chi connectivity index (χ3v) is 4.31. The van der Waals surface area contributed by atoms with Crippen LogP contribution in [0.5, 0.6) is 0 Å². The molecule has 0 saturated carbocycles. The van der Waals surface area contributed by atoms with E-state index in [0.29, 0.717) is 11.4 Å². The minimum absolute atomic E-state index is 0.115. The van der Waals surface area contributed by atoms with Crippen LogP contribution in [0.3, 0.4) is 0 Å². The summed E-state index contributed by atoms with van der Waals surface area (Å²) in [5, 5.41) is 3.69. The predicted molar refractivity (Wildman–Crippen MR) is 85.4 cm³/mol. The fourth-order valence-electron chi connectivity index (χ4n) is 2.11. The maximum Gasteiger partial charge on any atom is 0.263 e. The van der Waals surface area contributed by atoms with Crippen LogP contribution in [0, 0.1) is 0 Å². The summed E-state index contributed by atoms with van der Waals surface area (Å²) in [6.45, 7) is 4.45. The Balaban J connectivity index is 1.83. The molecule has 0 fully saturated rings. The number of hydrogen-bond donors (Lipinski definition) is 1. The number of thiazole rings is 1. The van der Waals surface area contributed by atoms with Gasteiger partial charge < -0.3 is 14.3 Å². The van der Waals surface area contributed by atoms with Gasteiger partial charge in [0, 0.05) is 12.4 Å². The number of hydrogen-bond acceptors (Lipinski definition) is 4. The van der Waals surface area contributed by atoms with E-state index in [2.05, 4.69) is 10.3 Å². The van der Waals surface area contributed by atoms with E-state index in [1.807, 2.05) is 49.0 Å². The van der Waals surface area contributed by atoms with E-state index >= 15 is 0 Å². The minimum Gasteiger partial charge on any atom is -0.467 e. The summed E-state index contributed by atoms with van der Waals surface area (Å²) < 4.78 is 7.15. The molecule has 22 heavy (non-hydrogen) atoms. The SMILES string of the molecule is CC(C)c1nc(-n2cccc2)sc1C(=O)NCc1ccco1. The number of furan rings is 1. The van der Waals surface area contributed by atoms with Crippen LogP contribution in [0.4, 0.5) is 0 Å². The van der Waals surface area contributed by atoms with Crippen molar-refractivity contribution in [3.05, 3.63) is 59.3 Å². The molecule has 0 aliphatic rings. The Morgan fingerprint density at radius 1 is 1.36 bits per heavy atom. The van der Waals surface area contributed by atoms with E-state index in [9.17, 15) is 4.79 Å². The zero-order valence-corrected chi connectivity index (χ0v) is 13.3. The van der Waals surface area contributed by atoms with Gasteiger partial charge in [-0.15, -0.1) is 0 Å². The molecule has 114 valence electrons. The quantitative estimate of drug-likeness (QED) is 0.783. The number of nitrogens with zero attached hydrogens (tertiary/aromatic N) is 2. The van der Waals surface area contributed by atoms with Crippen molar-refractivity contribution in [2.45, 2.75) is 26.3 Å². The molecule has 0 aliphatic heterocycles. The molecule has 1 N–H and O–H groups in total. The first-order valence-corrected chi connectivity index (χ1v) is 7.91. The Morgan fingerprint density at radius 2 is 2.14 bits per heavy atom. The fourth-order valence-corrected chi connectivity index (χ4v) is 3.21. The standard InChI is InChI=1S/C16H17N3O2S/c1-11(2)13-14(15(20)17-10-12-6-5-9-21-12)22-16(18-13)19-7-3-4-8-19/h3-9,11H,10H2,1-2H3,(H,17,20). The van der Waals surface area contributed by atoms with E-state index in [4.69, 9.17) is 4.42 Å². The van der Waals surface area contributed by atoms with Gasteiger partial charge in [-0.3, -0.25) is 4.79 Å². The maximum atomic E-state index is 12.5. The molecule has 0 saturated heterocycles. The van der Waals surface area contributed by atoms with Crippen LogP contribution < -0.4 is 5.32 Å². The number of nitrogens with one attached hydrogen (secondary N) is 1. The molecule has 6 heteroatoms. The van der Waals surface area contributed by atoms with Crippen molar-refractivity contribution in [3.8, 4) is 5.13 Å². The molecular formula is C16H17N3O2S. The summed E-state index contributed by atoms with van der Waals surface area (Å²) in [6.07, 6.45) is 5.44. The molecule has 0 aliphatic carbocycles. The van der Waals surface area contributed by atoms with Crippen LogP contribution in [0.15, 0.2) is 47.3 Å². The lowest BCUT2D eigenvalue weighted by molar-refractivity contribution is 0.0950. The molecule has 3 aromatic heterocycles. The smallest absolute Gasteiger partial charge is 0.263 e. The van der Waals surface area contributed by atoms with Gasteiger partial charge in [0.1, 0.15) is 10.6 Å². The predicted octanol–water partition coefficient (Wildman–Crippen LogP) is 3.58. The maximum absolute atomic E-state index is 12.5. The number of carbonyl (C=O) groups excluding carboxylic acids is 1. The minimum atomic E-state index is -0.115. The Bertz CT molecular complexity index is 743. The Morgan fingerprint density at radius 3 is 2.77 bits per heavy atom. The first-order valence-electron chi connectivity index (χ1n) is 7.10. The molecule has 3 aromatic rings. The number of carbonyl (C=O) groups is 1. The zero-order valence-electron chi connectivity index (χ0n) is 12.4. The van der Waals surface area contributed by atoms with Crippen LogP contribution in [-0.2, 0) is 6.54 Å². The molecule has 3 rings (SSSR count). The van der Waals surface area contributed by atoms with E-state index in [1.54, 1.807) is 12.3 Å². The summed E-state index contributed by atoms with van der Waals surface area (Å²) >= 11 is 1.40. The van der Waals surface area contributed by atoms with Crippen molar-refractivity contribution in [1.82, 2.24) is 14.9 Å². The van der Waals surface area contributed by atoms with Crippen molar-refractivity contribution in [3.63, 3.8) is 0 Å². The lowest BCUT2D eigenvalue weighted by Gasteiger charge is -2.05. The average Bonchev–Trinajstić information content (AvgIpc) is 3.23. The second-order valence-electron chi connectivity index (χ2n) is 5.22. The van der Waals surface area contributed by atoms with Crippen LogP contribution in [0.25, 0.3) is 5.13 Å². The number of amides is 1. The van der Waals surface area contributed by atoms with Crippen LogP contribution in [-0.4, -0.2) is 15.5 Å². The molecular weight excluding hydrogens is 298 g/mol. The van der Waals surface area contributed by atoms with Gasteiger partial charge in [0.05, 0.1) is 18.5 Å². The summed E-state index contributed by atoms with van der Waals surface area (Å²) in [5.74, 6) is 0.801. The van der Waals surface area contributed by atoms with E-state index in [0.717, 1.165) is 16.6 Å². The van der Waals surface area contributed by atoms with Gasteiger partial charge >= 0.3 is 0 Å². The molecule has 0 radical (unpaired) electrons. The van der Waals surface area contributed by atoms with Gasteiger partial charge in [-0.25, -0.2) is 4.98 Å². The second-order valence-corrected chi connectivity index (χ2v) is 6.20. The lowest BCUT2D eigenvalue weighted by Crippen LogP contribution is -2.22. The van der Waals surface area contributed by atoms with Crippen molar-refractivity contribution in [2.75, 3.05) is 0 Å². The summed E-state index contributed by atoms with van der Waals surface area (Å²) in [7, 11) is 0. The summed E-state index contributed by atoms with van der Waals surface area (Å²) in [4.78, 5) is 17.7. The molecule has 5 nitrogen and oxygen atoms in total. The van der Waals surface area contributed by atoms with Gasteiger partial charge in [0.2, 0.25) is 0 Å². The Hall–Kier alpha value is -2.34. The van der Waals surface area contributed by atoms with Crippen LogP contribution >= 0.6 is 11.3 Å². The van der Waals surface area contributed by atoms with Gasteiger partial charge in [0.15, 0.2) is 5.13 Å². The largest absolute Gasteiger partial charge is 0.467 e. The molecule has 0 atom stereocenters. The monoisotopic (exact) mass is 315 g/mol. The number of rotatable bonds is 5. The Kier molecular flexibility index (Phi) is 4.11. The van der Waals surface area contributed by atoms with E-state index in [1.165, 1.54) is 11.3 Å². The summed E-state index contributed by atoms with van der Waals surface area (Å²) in [5.41, 5.74) is 0.825. The Labute approximate surface area is 132 Å². The fraction of sp³-hybridized carbons (Fsp3) is 0.250. The highest BCUT2D eigenvalue weighted by Crippen LogP contribution is 2.27. The van der Waals surface area contributed by atoms with Crippen LogP contribution in [0.1, 0.15) is 40.9 Å². The van der Waals surface area contributed by atoms with E-state index < -0.39 is 0 Å². The number of aromatic nitrogens is 2. The third-order valence-electron chi connectivity index (χ3n) is 3.22. The second kappa shape index (κ2) is 6.19. The van der Waals surface area contributed by atoms with Crippen molar-refractivity contribution < 1.29 is 9.21 Å². The highest BCUT2D eigenvalue weighted by Gasteiger charge is 2.20. The highest BCUT2D eigenvalue weighted by molar-refractivity contribution is 7.16. The van der Waals surface area contributed by atoms with Gasteiger partial charge in [0.25, 0.3) is 5.91 Å². The summed E-state index contributed by atoms with van der Waals surface area (Å²) in [6, 6.07) is 7.51. The molecule has 1 amide bonds. The highest BCUT2D eigenvalue weighted by atomic mass is 32.1. The van der Waals surface area contributed by atoms with Gasteiger partial charge in [-0.2, -0.15) is 0 Å². The normalized spacial score (nSPS) is 11.0. The van der Waals surface area contributed by atoms with Crippen molar-refractivity contribution in [2.24, 2.45) is 0 Å². The van der Waals surface area contributed by atoms with Gasteiger partial charge in [-0.1, -0.05) is 25.2 Å². The first-order chi connectivity index (χ1) is 10.6. The zero-order chi connectivity index (χ0) is 15.5. The molecule has 0 bridgehead atoms. The topological polar surface area (TPSA) is 60.1 Å². The van der Waals surface area contributed by atoms with E-state index in [-0.39, 0.29) is 11.8 Å². The lowest BCUT2D eigenvalue weighted by atomic mass is 10.1. The third kappa shape index (κ3) is 2.96. The average molecular weight is 315 g/mol. The molecule has 0 unspecified atom stereocenters. The van der Waals surface area contributed by atoms with Crippen LogP contribution in [0.2, 0.25) is 0 Å². The van der Waals surface area contributed by atoms with Crippen molar-refractivity contribution >= 4 is 17.2 Å².